The van der Waals surface area contributed by atoms with Crippen molar-refractivity contribution in [1.82, 2.24) is 9.55 Å². The maximum absolute atomic E-state index is 11.7. The van der Waals surface area contributed by atoms with Crippen LogP contribution in [0.5, 0.6) is 0 Å². The van der Waals surface area contributed by atoms with E-state index < -0.39 is 5.60 Å². The Labute approximate surface area is 119 Å². The molecule has 0 bridgehead atoms. The summed E-state index contributed by atoms with van der Waals surface area (Å²) < 4.78 is 7.31. The standard InChI is InChI=1S/C16H20N2O2/c1-16(2,3)20-15(19)10-13-4-6-14(7-5-13)11-18-9-8-17-12-18/h4-9,12H,10-11H2,1-3H3. The number of hydrogen-bond donors (Lipinski definition) is 0. The first-order valence-corrected chi connectivity index (χ1v) is 6.68. The number of aromatic nitrogens is 2. The van der Waals surface area contributed by atoms with E-state index in [-0.39, 0.29) is 5.97 Å². The van der Waals surface area contributed by atoms with Crippen LogP contribution in [-0.4, -0.2) is 21.1 Å². The van der Waals surface area contributed by atoms with Gasteiger partial charge < -0.3 is 9.30 Å². The number of esters is 1. The zero-order valence-electron chi connectivity index (χ0n) is 12.2. The van der Waals surface area contributed by atoms with Gasteiger partial charge in [-0.15, -0.1) is 0 Å². The lowest BCUT2D eigenvalue weighted by molar-refractivity contribution is -0.153. The number of ether oxygens (including phenoxy) is 1. The van der Waals surface area contributed by atoms with Gasteiger partial charge in [-0.25, -0.2) is 4.98 Å². The summed E-state index contributed by atoms with van der Waals surface area (Å²) >= 11 is 0. The smallest absolute Gasteiger partial charge is 0.310 e. The second kappa shape index (κ2) is 5.90. The molecule has 0 fully saturated rings. The fraction of sp³-hybridized carbons (Fsp3) is 0.375. The highest BCUT2D eigenvalue weighted by atomic mass is 16.6. The molecule has 0 amide bonds. The van der Waals surface area contributed by atoms with Crippen molar-refractivity contribution in [2.45, 2.75) is 39.3 Å². The highest BCUT2D eigenvalue weighted by molar-refractivity contribution is 5.73. The minimum atomic E-state index is -0.432. The molecule has 2 aromatic rings. The first kappa shape index (κ1) is 14.3. The monoisotopic (exact) mass is 272 g/mol. The summed E-state index contributed by atoms with van der Waals surface area (Å²) in [5.41, 5.74) is 1.71. The summed E-state index contributed by atoms with van der Waals surface area (Å²) in [6.07, 6.45) is 5.78. The third-order valence-corrected chi connectivity index (χ3v) is 2.72. The Morgan fingerprint density at radius 2 is 1.85 bits per heavy atom. The molecule has 0 aliphatic heterocycles. The Bertz CT molecular complexity index is 551. The van der Waals surface area contributed by atoms with Crippen molar-refractivity contribution in [2.75, 3.05) is 0 Å². The zero-order chi connectivity index (χ0) is 14.6. The Balaban J connectivity index is 1.93. The molecule has 0 saturated carbocycles. The molecule has 0 radical (unpaired) electrons. The maximum Gasteiger partial charge on any atom is 0.310 e. The third kappa shape index (κ3) is 4.53. The van der Waals surface area contributed by atoms with Crippen molar-refractivity contribution in [3.05, 3.63) is 54.1 Å². The van der Waals surface area contributed by atoms with Crippen LogP contribution in [0.1, 0.15) is 31.9 Å². The van der Waals surface area contributed by atoms with E-state index in [2.05, 4.69) is 4.98 Å². The molecule has 4 heteroatoms. The first-order valence-electron chi connectivity index (χ1n) is 6.68. The first-order chi connectivity index (χ1) is 9.42. The van der Waals surface area contributed by atoms with Crippen molar-refractivity contribution in [1.29, 1.82) is 0 Å². The van der Waals surface area contributed by atoms with Crippen molar-refractivity contribution < 1.29 is 9.53 Å². The molecule has 106 valence electrons. The van der Waals surface area contributed by atoms with Crippen LogP contribution in [0.25, 0.3) is 0 Å². The van der Waals surface area contributed by atoms with Gasteiger partial charge in [-0.2, -0.15) is 0 Å². The van der Waals surface area contributed by atoms with E-state index in [0.717, 1.165) is 12.1 Å². The van der Waals surface area contributed by atoms with Crippen LogP contribution in [0.15, 0.2) is 43.0 Å². The minimum absolute atomic E-state index is 0.195. The van der Waals surface area contributed by atoms with Crippen LogP contribution in [-0.2, 0) is 22.5 Å². The number of benzene rings is 1. The lowest BCUT2D eigenvalue weighted by Gasteiger charge is -2.19. The molecule has 20 heavy (non-hydrogen) atoms. The van der Waals surface area contributed by atoms with Gasteiger partial charge in [0.15, 0.2) is 0 Å². The average Bonchev–Trinajstić information content (AvgIpc) is 2.82. The number of carbonyl (C=O) groups excluding carboxylic acids is 1. The molecule has 0 saturated heterocycles. The van der Waals surface area contributed by atoms with Crippen LogP contribution >= 0.6 is 0 Å². The molecule has 0 spiro atoms. The van der Waals surface area contributed by atoms with E-state index in [1.165, 1.54) is 5.56 Å². The Morgan fingerprint density at radius 3 is 2.40 bits per heavy atom. The summed E-state index contributed by atoms with van der Waals surface area (Å²) in [6.45, 7) is 6.41. The van der Waals surface area contributed by atoms with Crippen LogP contribution in [0.2, 0.25) is 0 Å². The van der Waals surface area contributed by atoms with Crippen LogP contribution in [0, 0.1) is 0 Å². The zero-order valence-corrected chi connectivity index (χ0v) is 12.2. The SMILES string of the molecule is CC(C)(C)OC(=O)Cc1ccc(Cn2ccnc2)cc1. The minimum Gasteiger partial charge on any atom is -0.460 e. The van der Waals surface area contributed by atoms with Gasteiger partial charge in [0, 0.05) is 18.9 Å². The summed E-state index contributed by atoms with van der Waals surface area (Å²) in [4.78, 5) is 15.7. The lowest BCUT2D eigenvalue weighted by Crippen LogP contribution is -2.24. The second-order valence-corrected chi connectivity index (χ2v) is 5.81. The molecular formula is C16H20N2O2. The molecule has 0 N–H and O–H groups in total. The average molecular weight is 272 g/mol. The van der Waals surface area contributed by atoms with Gasteiger partial charge in [0.2, 0.25) is 0 Å². The van der Waals surface area contributed by atoms with Crippen molar-refractivity contribution in [2.24, 2.45) is 0 Å². The van der Waals surface area contributed by atoms with E-state index in [9.17, 15) is 4.79 Å². The Kier molecular flexibility index (Phi) is 4.23. The quantitative estimate of drug-likeness (QED) is 0.804. The molecular weight excluding hydrogens is 252 g/mol. The molecule has 0 aliphatic carbocycles. The van der Waals surface area contributed by atoms with Gasteiger partial charge in [0.25, 0.3) is 0 Å². The number of nitrogens with zero attached hydrogens (tertiary/aromatic N) is 2. The summed E-state index contributed by atoms with van der Waals surface area (Å²) in [7, 11) is 0. The van der Waals surface area contributed by atoms with Crippen molar-refractivity contribution in [3.63, 3.8) is 0 Å². The lowest BCUT2D eigenvalue weighted by atomic mass is 10.1. The van der Waals surface area contributed by atoms with Crippen molar-refractivity contribution in [3.8, 4) is 0 Å². The van der Waals surface area contributed by atoms with Gasteiger partial charge in [-0.3, -0.25) is 4.79 Å². The summed E-state index contributed by atoms with van der Waals surface area (Å²) in [5, 5.41) is 0. The van der Waals surface area contributed by atoms with Crippen LogP contribution in [0.3, 0.4) is 0 Å². The largest absolute Gasteiger partial charge is 0.460 e. The fourth-order valence-corrected chi connectivity index (χ4v) is 1.90. The van der Waals surface area contributed by atoms with Gasteiger partial charge in [0.05, 0.1) is 12.7 Å². The van der Waals surface area contributed by atoms with E-state index in [1.54, 1.807) is 12.5 Å². The molecule has 1 aromatic heterocycles. The van der Waals surface area contributed by atoms with E-state index in [1.807, 2.05) is 55.8 Å². The Hall–Kier alpha value is -2.10. The number of imidazole rings is 1. The molecule has 2 rings (SSSR count). The topological polar surface area (TPSA) is 44.1 Å². The van der Waals surface area contributed by atoms with E-state index in [4.69, 9.17) is 4.74 Å². The van der Waals surface area contributed by atoms with Crippen LogP contribution < -0.4 is 0 Å². The normalized spacial score (nSPS) is 11.3. The molecule has 1 aromatic carbocycles. The van der Waals surface area contributed by atoms with Crippen molar-refractivity contribution >= 4 is 5.97 Å². The maximum atomic E-state index is 11.7. The van der Waals surface area contributed by atoms with Crippen LogP contribution in [0.4, 0.5) is 0 Å². The second-order valence-electron chi connectivity index (χ2n) is 5.81. The van der Waals surface area contributed by atoms with Gasteiger partial charge in [-0.05, 0) is 31.9 Å². The molecule has 1 heterocycles. The molecule has 0 atom stereocenters. The number of carbonyl (C=O) groups is 1. The number of hydrogen-bond acceptors (Lipinski definition) is 3. The van der Waals surface area contributed by atoms with Gasteiger partial charge in [0.1, 0.15) is 5.60 Å². The highest BCUT2D eigenvalue weighted by Crippen LogP contribution is 2.11. The van der Waals surface area contributed by atoms with Gasteiger partial charge in [-0.1, -0.05) is 24.3 Å². The predicted octanol–water partition coefficient (Wildman–Crippen LogP) is 2.82. The third-order valence-electron chi connectivity index (χ3n) is 2.72. The molecule has 0 aliphatic rings. The fourth-order valence-electron chi connectivity index (χ4n) is 1.90. The summed E-state index contributed by atoms with van der Waals surface area (Å²) in [6, 6.07) is 7.99. The van der Waals surface area contributed by atoms with Gasteiger partial charge >= 0.3 is 5.97 Å². The predicted molar refractivity (Wildman–Crippen MR) is 77.3 cm³/mol. The molecule has 4 nitrogen and oxygen atoms in total. The molecule has 0 unspecified atom stereocenters. The number of rotatable bonds is 4. The highest BCUT2D eigenvalue weighted by Gasteiger charge is 2.16. The van der Waals surface area contributed by atoms with E-state index >= 15 is 0 Å². The summed E-state index contributed by atoms with van der Waals surface area (Å²) in [5.74, 6) is -0.195. The van der Waals surface area contributed by atoms with E-state index in [0.29, 0.717) is 6.42 Å². The Morgan fingerprint density at radius 1 is 1.20 bits per heavy atom.